The Labute approximate surface area is 166 Å². The van der Waals surface area contributed by atoms with Gasteiger partial charge in [0.15, 0.2) is 5.82 Å². The van der Waals surface area contributed by atoms with Gasteiger partial charge in [-0.25, -0.2) is 4.79 Å². The van der Waals surface area contributed by atoms with Gasteiger partial charge in [0.1, 0.15) is 0 Å². The third-order valence-corrected chi connectivity index (χ3v) is 5.76. The molecular weight excluding hydrogens is 354 g/mol. The molecule has 0 aliphatic carbocycles. The summed E-state index contributed by atoms with van der Waals surface area (Å²) in [4.78, 5) is 17.0. The maximum absolute atomic E-state index is 12.5. The van der Waals surface area contributed by atoms with Gasteiger partial charge in [-0.3, -0.25) is 10.00 Å². The SMILES string of the molecule is COCCn1ccc(NC(=O)N2CCC(CN3CCc4ccccc43)CC2)n1. The van der Waals surface area contributed by atoms with E-state index in [1.165, 1.54) is 11.3 Å². The summed E-state index contributed by atoms with van der Waals surface area (Å²) in [5, 5.41) is 7.27. The fourth-order valence-electron chi connectivity index (χ4n) is 4.15. The highest BCUT2D eigenvalue weighted by Crippen LogP contribution is 2.30. The van der Waals surface area contributed by atoms with Crippen LogP contribution in [-0.4, -0.2) is 60.6 Å². The first-order chi connectivity index (χ1) is 13.7. The number of amides is 2. The van der Waals surface area contributed by atoms with Gasteiger partial charge in [-0.2, -0.15) is 5.10 Å². The number of para-hydroxylation sites is 1. The van der Waals surface area contributed by atoms with E-state index in [0.717, 1.165) is 45.4 Å². The number of fused-ring (bicyclic) bond motifs is 1. The number of anilines is 2. The molecule has 1 aromatic heterocycles. The van der Waals surface area contributed by atoms with Crippen molar-refractivity contribution in [3.8, 4) is 0 Å². The number of aromatic nitrogens is 2. The lowest BCUT2D eigenvalue weighted by Gasteiger charge is -2.34. The summed E-state index contributed by atoms with van der Waals surface area (Å²) in [5.74, 6) is 1.24. The van der Waals surface area contributed by atoms with Crippen LogP contribution in [-0.2, 0) is 17.7 Å². The van der Waals surface area contributed by atoms with Crippen molar-refractivity contribution in [3.63, 3.8) is 0 Å². The highest BCUT2D eigenvalue weighted by atomic mass is 16.5. The molecule has 7 heteroatoms. The molecule has 7 nitrogen and oxygen atoms in total. The molecule has 0 unspecified atom stereocenters. The van der Waals surface area contributed by atoms with Crippen LogP contribution in [0.25, 0.3) is 0 Å². The lowest BCUT2D eigenvalue weighted by atomic mass is 9.96. The second-order valence-electron chi connectivity index (χ2n) is 7.64. The van der Waals surface area contributed by atoms with Gasteiger partial charge >= 0.3 is 6.03 Å². The second-order valence-corrected chi connectivity index (χ2v) is 7.64. The van der Waals surface area contributed by atoms with Gasteiger partial charge in [-0.1, -0.05) is 18.2 Å². The Morgan fingerprint density at radius 3 is 2.86 bits per heavy atom. The average molecular weight is 383 g/mol. The minimum absolute atomic E-state index is 0.0537. The second kappa shape index (κ2) is 8.65. The van der Waals surface area contributed by atoms with Gasteiger partial charge in [0, 0.05) is 51.2 Å². The highest BCUT2D eigenvalue weighted by molar-refractivity contribution is 5.88. The number of hydrogen-bond acceptors (Lipinski definition) is 4. The van der Waals surface area contributed by atoms with Crippen LogP contribution in [0.15, 0.2) is 36.5 Å². The van der Waals surface area contributed by atoms with Crippen LogP contribution in [0.3, 0.4) is 0 Å². The number of ether oxygens (including phenoxy) is 1. The van der Waals surface area contributed by atoms with Gasteiger partial charge in [-0.15, -0.1) is 0 Å². The van der Waals surface area contributed by atoms with Crippen molar-refractivity contribution in [3.05, 3.63) is 42.1 Å². The molecule has 1 fully saturated rings. The van der Waals surface area contributed by atoms with E-state index >= 15 is 0 Å². The Bertz CT molecular complexity index is 798. The van der Waals surface area contributed by atoms with E-state index in [-0.39, 0.29) is 6.03 Å². The molecule has 1 aromatic carbocycles. The Balaban J connectivity index is 1.24. The number of carbonyl (C=O) groups is 1. The van der Waals surface area contributed by atoms with Crippen molar-refractivity contribution >= 4 is 17.5 Å². The number of piperidine rings is 1. The first-order valence-electron chi connectivity index (χ1n) is 10.1. The summed E-state index contributed by atoms with van der Waals surface area (Å²) < 4.78 is 6.83. The first kappa shape index (κ1) is 18.8. The normalized spacial score (nSPS) is 17.0. The van der Waals surface area contributed by atoms with E-state index in [1.54, 1.807) is 11.8 Å². The third-order valence-electron chi connectivity index (χ3n) is 5.76. The lowest BCUT2D eigenvalue weighted by Crippen LogP contribution is -2.43. The molecule has 3 heterocycles. The van der Waals surface area contributed by atoms with E-state index in [2.05, 4.69) is 39.6 Å². The smallest absolute Gasteiger partial charge is 0.323 e. The molecule has 4 rings (SSSR count). The van der Waals surface area contributed by atoms with Gasteiger partial charge in [0.25, 0.3) is 0 Å². The van der Waals surface area contributed by atoms with E-state index in [9.17, 15) is 4.79 Å². The number of nitrogens with one attached hydrogen (secondary N) is 1. The number of nitrogens with zero attached hydrogens (tertiary/aromatic N) is 4. The molecule has 0 radical (unpaired) electrons. The zero-order valence-corrected chi connectivity index (χ0v) is 16.5. The van der Waals surface area contributed by atoms with Gasteiger partial charge in [0.2, 0.25) is 0 Å². The van der Waals surface area contributed by atoms with Crippen molar-refractivity contribution < 1.29 is 9.53 Å². The molecule has 2 amide bonds. The monoisotopic (exact) mass is 383 g/mol. The maximum atomic E-state index is 12.5. The predicted octanol–water partition coefficient (Wildman–Crippen LogP) is 2.84. The van der Waals surface area contributed by atoms with E-state index in [4.69, 9.17) is 4.74 Å². The predicted molar refractivity (Wildman–Crippen MR) is 110 cm³/mol. The molecule has 0 atom stereocenters. The molecule has 1 saturated heterocycles. The number of hydrogen-bond donors (Lipinski definition) is 1. The summed E-state index contributed by atoms with van der Waals surface area (Å²) in [5.41, 5.74) is 2.86. The fourth-order valence-corrected chi connectivity index (χ4v) is 4.15. The Morgan fingerprint density at radius 2 is 2.04 bits per heavy atom. The van der Waals surface area contributed by atoms with E-state index < -0.39 is 0 Å². The number of urea groups is 1. The number of rotatable bonds is 6. The van der Waals surface area contributed by atoms with E-state index in [1.807, 2.05) is 17.2 Å². The standard InChI is InChI=1S/C21H29N5O2/c1-28-15-14-26-13-9-20(23-26)22-21(27)24-10-6-17(7-11-24)16-25-12-8-18-4-2-3-5-19(18)25/h2-5,9,13,17H,6-8,10-12,14-16H2,1H3,(H,22,23,27). The molecule has 2 aliphatic heterocycles. The first-order valence-corrected chi connectivity index (χ1v) is 10.1. The Kier molecular flexibility index (Phi) is 5.81. The molecule has 1 N–H and O–H groups in total. The molecular formula is C21H29N5O2. The third kappa shape index (κ3) is 4.30. The Hall–Kier alpha value is -2.54. The summed E-state index contributed by atoms with van der Waals surface area (Å²) in [6.45, 7) is 5.09. The minimum Gasteiger partial charge on any atom is -0.383 e. The quantitative estimate of drug-likeness (QED) is 0.833. The van der Waals surface area contributed by atoms with E-state index in [0.29, 0.717) is 24.9 Å². The molecule has 0 bridgehead atoms. The summed E-state index contributed by atoms with van der Waals surface area (Å²) in [6.07, 6.45) is 5.10. The largest absolute Gasteiger partial charge is 0.383 e. The molecule has 2 aromatic rings. The fraction of sp³-hybridized carbons (Fsp3) is 0.524. The molecule has 2 aliphatic rings. The van der Waals surface area contributed by atoms with Crippen molar-refractivity contribution in [2.24, 2.45) is 5.92 Å². The zero-order valence-electron chi connectivity index (χ0n) is 16.5. The maximum Gasteiger partial charge on any atom is 0.323 e. The molecule has 0 spiro atoms. The summed E-state index contributed by atoms with van der Waals surface area (Å²) >= 11 is 0. The minimum atomic E-state index is -0.0537. The van der Waals surface area contributed by atoms with Crippen LogP contribution in [0, 0.1) is 5.92 Å². The number of methoxy groups -OCH3 is 1. The van der Waals surface area contributed by atoms with Crippen LogP contribution >= 0.6 is 0 Å². The van der Waals surface area contributed by atoms with Crippen LogP contribution in [0.2, 0.25) is 0 Å². The number of likely N-dealkylation sites (tertiary alicyclic amines) is 1. The summed E-state index contributed by atoms with van der Waals surface area (Å²) in [7, 11) is 1.66. The van der Waals surface area contributed by atoms with Gasteiger partial charge in [-0.05, 0) is 36.8 Å². The number of carbonyl (C=O) groups excluding carboxylic acids is 1. The Morgan fingerprint density at radius 1 is 1.21 bits per heavy atom. The molecule has 150 valence electrons. The molecule has 0 saturated carbocycles. The lowest BCUT2D eigenvalue weighted by molar-refractivity contribution is 0.182. The summed E-state index contributed by atoms with van der Waals surface area (Å²) in [6, 6.07) is 10.5. The topological polar surface area (TPSA) is 62.6 Å². The van der Waals surface area contributed by atoms with Crippen LogP contribution in [0.4, 0.5) is 16.3 Å². The molecule has 28 heavy (non-hydrogen) atoms. The van der Waals surface area contributed by atoms with Gasteiger partial charge in [0.05, 0.1) is 13.2 Å². The highest BCUT2D eigenvalue weighted by Gasteiger charge is 2.27. The van der Waals surface area contributed by atoms with Crippen LogP contribution < -0.4 is 10.2 Å². The zero-order chi connectivity index (χ0) is 19.3. The number of benzene rings is 1. The van der Waals surface area contributed by atoms with Crippen molar-refractivity contribution in [2.75, 3.05) is 50.1 Å². The van der Waals surface area contributed by atoms with Crippen LogP contribution in [0.1, 0.15) is 18.4 Å². The van der Waals surface area contributed by atoms with Gasteiger partial charge < -0.3 is 14.5 Å². The van der Waals surface area contributed by atoms with Crippen LogP contribution in [0.5, 0.6) is 0 Å². The van der Waals surface area contributed by atoms with Crippen molar-refractivity contribution in [1.29, 1.82) is 0 Å². The average Bonchev–Trinajstić information content (AvgIpc) is 3.34. The van der Waals surface area contributed by atoms with Crippen molar-refractivity contribution in [1.82, 2.24) is 14.7 Å². The van der Waals surface area contributed by atoms with Crippen molar-refractivity contribution in [2.45, 2.75) is 25.8 Å².